The number of nitrogens with zero attached hydrogens (tertiary/aromatic N) is 1. The maximum atomic E-state index is 13.0. The standard InChI is InChI=1S/C17H23BrN2O4S/c18-13-6-8-15(9-7-13)25(22,23)20-10-2-1-5-16(20)17(21)19-12-14-4-3-11-24-14/h6-9,14,16H,1-5,10-12H2,(H,19,21)/t14-,16-/m1/s1. The van der Waals surface area contributed by atoms with E-state index >= 15 is 0 Å². The quantitative estimate of drug-likeness (QED) is 0.777. The zero-order chi connectivity index (χ0) is 17.9. The van der Waals surface area contributed by atoms with Crippen LogP contribution in [0.2, 0.25) is 0 Å². The lowest BCUT2D eigenvalue weighted by Crippen LogP contribution is -2.52. The SMILES string of the molecule is O=C(NC[C@H]1CCCO1)[C@H]1CCCCN1S(=O)(=O)c1ccc(Br)cc1. The highest BCUT2D eigenvalue weighted by molar-refractivity contribution is 9.10. The van der Waals surface area contributed by atoms with E-state index in [0.29, 0.717) is 19.5 Å². The van der Waals surface area contributed by atoms with E-state index in [4.69, 9.17) is 4.74 Å². The number of hydrogen-bond acceptors (Lipinski definition) is 4. The van der Waals surface area contributed by atoms with Crippen LogP contribution >= 0.6 is 15.9 Å². The van der Waals surface area contributed by atoms with E-state index in [2.05, 4.69) is 21.2 Å². The Kier molecular flexibility index (Phi) is 6.14. The van der Waals surface area contributed by atoms with Crippen LogP contribution in [0.25, 0.3) is 0 Å². The van der Waals surface area contributed by atoms with E-state index in [1.54, 1.807) is 24.3 Å². The lowest BCUT2D eigenvalue weighted by atomic mass is 10.0. The van der Waals surface area contributed by atoms with Crippen LogP contribution in [0.3, 0.4) is 0 Å². The molecule has 1 aromatic carbocycles. The molecule has 2 aliphatic rings. The van der Waals surface area contributed by atoms with Gasteiger partial charge in [0.05, 0.1) is 11.0 Å². The lowest BCUT2D eigenvalue weighted by Gasteiger charge is -2.33. The fourth-order valence-corrected chi connectivity index (χ4v) is 5.26. The first-order chi connectivity index (χ1) is 12.0. The van der Waals surface area contributed by atoms with Gasteiger partial charge in [-0.05, 0) is 49.9 Å². The molecule has 0 radical (unpaired) electrons. The minimum absolute atomic E-state index is 0.0454. The molecule has 1 N–H and O–H groups in total. The molecule has 2 atom stereocenters. The molecule has 1 amide bonds. The van der Waals surface area contributed by atoms with Crippen molar-refractivity contribution in [3.05, 3.63) is 28.7 Å². The number of carbonyl (C=O) groups is 1. The van der Waals surface area contributed by atoms with E-state index in [9.17, 15) is 13.2 Å². The molecule has 25 heavy (non-hydrogen) atoms. The topological polar surface area (TPSA) is 75.7 Å². The van der Waals surface area contributed by atoms with E-state index in [0.717, 1.165) is 36.8 Å². The molecule has 138 valence electrons. The summed E-state index contributed by atoms with van der Waals surface area (Å²) in [6.07, 6.45) is 4.16. The Morgan fingerprint density at radius 1 is 1.20 bits per heavy atom. The number of amides is 1. The van der Waals surface area contributed by atoms with Crippen LogP contribution in [0, 0.1) is 0 Å². The fourth-order valence-electron chi connectivity index (χ4n) is 3.33. The number of rotatable bonds is 5. The number of carbonyl (C=O) groups excluding carboxylic acids is 1. The predicted molar refractivity (Wildman–Crippen MR) is 97.7 cm³/mol. The number of sulfonamides is 1. The minimum Gasteiger partial charge on any atom is -0.376 e. The average Bonchev–Trinajstić information content (AvgIpc) is 3.13. The summed E-state index contributed by atoms with van der Waals surface area (Å²) < 4.78 is 33.6. The van der Waals surface area contributed by atoms with Crippen LogP contribution in [0.15, 0.2) is 33.6 Å². The van der Waals surface area contributed by atoms with Crippen molar-refractivity contribution in [2.24, 2.45) is 0 Å². The summed E-state index contributed by atoms with van der Waals surface area (Å²) in [4.78, 5) is 12.8. The van der Waals surface area contributed by atoms with Crippen molar-refractivity contribution in [3.8, 4) is 0 Å². The van der Waals surface area contributed by atoms with Crippen LogP contribution in [0.4, 0.5) is 0 Å². The highest BCUT2D eigenvalue weighted by atomic mass is 79.9. The Bertz CT molecular complexity index is 702. The molecule has 2 fully saturated rings. The van der Waals surface area contributed by atoms with E-state index in [-0.39, 0.29) is 16.9 Å². The average molecular weight is 431 g/mol. The third-order valence-electron chi connectivity index (χ3n) is 4.70. The molecule has 6 nitrogen and oxygen atoms in total. The third kappa shape index (κ3) is 4.42. The number of halogens is 1. The van der Waals surface area contributed by atoms with Crippen molar-refractivity contribution in [1.29, 1.82) is 0 Å². The number of hydrogen-bond donors (Lipinski definition) is 1. The number of ether oxygens (including phenoxy) is 1. The molecule has 3 rings (SSSR count). The van der Waals surface area contributed by atoms with E-state index in [1.807, 2.05) is 0 Å². The van der Waals surface area contributed by atoms with Gasteiger partial charge in [0, 0.05) is 24.2 Å². The van der Waals surface area contributed by atoms with Crippen molar-refractivity contribution >= 4 is 31.9 Å². The van der Waals surface area contributed by atoms with Gasteiger partial charge < -0.3 is 10.1 Å². The Morgan fingerprint density at radius 3 is 2.64 bits per heavy atom. The summed E-state index contributed by atoms with van der Waals surface area (Å²) in [7, 11) is -3.69. The smallest absolute Gasteiger partial charge is 0.243 e. The minimum atomic E-state index is -3.69. The molecule has 0 aromatic heterocycles. The fraction of sp³-hybridized carbons (Fsp3) is 0.588. The number of piperidine rings is 1. The van der Waals surface area contributed by atoms with Gasteiger partial charge in [-0.1, -0.05) is 22.4 Å². The van der Waals surface area contributed by atoms with Gasteiger partial charge in [0.1, 0.15) is 6.04 Å². The first-order valence-electron chi connectivity index (χ1n) is 8.65. The monoisotopic (exact) mass is 430 g/mol. The van der Waals surface area contributed by atoms with Crippen molar-refractivity contribution in [1.82, 2.24) is 9.62 Å². The predicted octanol–water partition coefficient (Wildman–Crippen LogP) is 2.29. The molecular weight excluding hydrogens is 408 g/mol. The first-order valence-corrected chi connectivity index (χ1v) is 10.9. The molecule has 0 spiro atoms. The van der Waals surface area contributed by atoms with Crippen LogP contribution in [0.1, 0.15) is 32.1 Å². The van der Waals surface area contributed by atoms with Gasteiger partial charge in [-0.15, -0.1) is 0 Å². The Labute approximate surface area is 157 Å². The van der Waals surface area contributed by atoms with Crippen LogP contribution < -0.4 is 5.32 Å². The van der Waals surface area contributed by atoms with Crippen LogP contribution in [-0.4, -0.2) is 50.5 Å². The van der Waals surface area contributed by atoms with Gasteiger partial charge in [-0.2, -0.15) is 4.31 Å². The van der Waals surface area contributed by atoms with Gasteiger partial charge in [0.2, 0.25) is 15.9 Å². The first kappa shape index (κ1) is 18.8. The molecule has 2 heterocycles. The van der Waals surface area contributed by atoms with E-state index < -0.39 is 16.1 Å². The Morgan fingerprint density at radius 2 is 1.96 bits per heavy atom. The van der Waals surface area contributed by atoms with Gasteiger partial charge >= 0.3 is 0 Å². The molecule has 0 bridgehead atoms. The maximum Gasteiger partial charge on any atom is 0.243 e. The zero-order valence-corrected chi connectivity index (χ0v) is 16.4. The summed E-state index contributed by atoms with van der Waals surface area (Å²) in [5.74, 6) is -0.226. The Balaban J connectivity index is 1.73. The molecule has 0 unspecified atom stereocenters. The second kappa shape index (κ2) is 8.16. The summed E-state index contributed by atoms with van der Waals surface area (Å²) in [6.45, 7) is 1.55. The van der Waals surface area contributed by atoms with Crippen molar-refractivity contribution in [3.63, 3.8) is 0 Å². The van der Waals surface area contributed by atoms with Crippen LogP contribution in [0.5, 0.6) is 0 Å². The largest absolute Gasteiger partial charge is 0.376 e. The summed E-state index contributed by atoms with van der Waals surface area (Å²) in [5.41, 5.74) is 0. The zero-order valence-electron chi connectivity index (χ0n) is 14.0. The second-order valence-corrected chi connectivity index (χ2v) is 9.27. The van der Waals surface area contributed by atoms with E-state index in [1.165, 1.54) is 4.31 Å². The lowest BCUT2D eigenvalue weighted by molar-refractivity contribution is -0.126. The van der Waals surface area contributed by atoms with Crippen molar-refractivity contribution < 1.29 is 17.9 Å². The van der Waals surface area contributed by atoms with Gasteiger partial charge in [0.25, 0.3) is 0 Å². The highest BCUT2D eigenvalue weighted by Gasteiger charge is 2.37. The molecule has 1 aromatic rings. The molecule has 2 saturated heterocycles. The molecule has 0 aliphatic carbocycles. The third-order valence-corrected chi connectivity index (χ3v) is 7.16. The van der Waals surface area contributed by atoms with Crippen molar-refractivity contribution in [2.75, 3.05) is 19.7 Å². The normalized spacial score (nSPS) is 25.0. The summed E-state index contributed by atoms with van der Waals surface area (Å²) in [5, 5.41) is 2.88. The molecular formula is C17H23BrN2O4S. The number of nitrogens with one attached hydrogen (secondary N) is 1. The highest BCUT2D eigenvalue weighted by Crippen LogP contribution is 2.26. The van der Waals surface area contributed by atoms with Gasteiger partial charge in [0.15, 0.2) is 0 Å². The van der Waals surface area contributed by atoms with Gasteiger partial charge in [-0.3, -0.25) is 4.79 Å². The summed E-state index contributed by atoms with van der Waals surface area (Å²) >= 11 is 3.31. The number of benzene rings is 1. The molecule has 8 heteroatoms. The van der Waals surface area contributed by atoms with Crippen molar-refractivity contribution in [2.45, 2.75) is 49.1 Å². The maximum absolute atomic E-state index is 13.0. The molecule has 2 aliphatic heterocycles. The van der Waals surface area contributed by atoms with Gasteiger partial charge in [-0.25, -0.2) is 8.42 Å². The second-order valence-electron chi connectivity index (χ2n) is 6.46. The van der Waals surface area contributed by atoms with Crippen LogP contribution in [-0.2, 0) is 19.6 Å². The Hall–Kier alpha value is -0.960. The summed E-state index contributed by atoms with van der Waals surface area (Å²) in [6, 6.07) is 5.88. The molecule has 0 saturated carbocycles.